The van der Waals surface area contributed by atoms with E-state index in [0.717, 1.165) is 29.5 Å². The van der Waals surface area contributed by atoms with Gasteiger partial charge in [-0.3, -0.25) is 0 Å². The molecular weight excluding hydrogens is 329 g/mol. The molecule has 3 rings (SSSR count). The fraction of sp³-hybridized carbons (Fsp3) is 0.125. The third-order valence-electron chi connectivity index (χ3n) is 3.14. The number of benzene rings is 2. The summed E-state index contributed by atoms with van der Waals surface area (Å²) in [5.41, 5.74) is -0.0211. The smallest absolute Gasteiger partial charge is 0.416 e. The zero-order valence-electron chi connectivity index (χ0n) is 11.6. The van der Waals surface area contributed by atoms with Crippen LogP contribution in [0.1, 0.15) is 11.1 Å². The van der Waals surface area contributed by atoms with Gasteiger partial charge in [-0.05, 0) is 47.4 Å². The largest absolute Gasteiger partial charge is 0.507 e. The number of alkyl halides is 3. The quantitative estimate of drug-likeness (QED) is 0.807. The summed E-state index contributed by atoms with van der Waals surface area (Å²) < 4.78 is 48.0. The Bertz CT molecular complexity index is 757. The summed E-state index contributed by atoms with van der Waals surface area (Å²) in [7, 11) is 0. The Kier molecular flexibility index (Phi) is 4.12. The predicted molar refractivity (Wildman–Crippen MR) is 80.6 cm³/mol. The standard InChI is InChI=1S/C16H11F3O3S/c17-16(18,19)11-2-4-15(12(20)8-11)23-6-5-10-1-3-13-14(7-10)22-9-21-13/h1-8,20H,9H2/b6-5+. The molecule has 1 N–H and O–H groups in total. The number of hydrogen-bond donors (Lipinski definition) is 1. The lowest BCUT2D eigenvalue weighted by molar-refractivity contribution is -0.137. The van der Waals surface area contributed by atoms with Crippen molar-refractivity contribution in [3.63, 3.8) is 0 Å². The Labute approximate surface area is 134 Å². The first kappa shape index (κ1) is 15.6. The Morgan fingerprint density at radius 2 is 1.83 bits per heavy atom. The molecule has 0 fully saturated rings. The van der Waals surface area contributed by atoms with E-state index in [1.807, 2.05) is 6.07 Å². The Hall–Kier alpha value is -2.28. The van der Waals surface area contributed by atoms with Gasteiger partial charge in [-0.25, -0.2) is 0 Å². The molecule has 120 valence electrons. The molecule has 1 aliphatic heterocycles. The molecule has 0 unspecified atom stereocenters. The second-order valence-electron chi connectivity index (χ2n) is 4.71. The number of aromatic hydroxyl groups is 1. The topological polar surface area (TPSA) is 38.7 Å². The van der Waals surface area contributed by atoms with E-state index in [9.17, 15) is 18.3 Å². The van der Waals surface area contributed by atoms with Crippen LogP contribution in [0.15, 0.2) is 46.7 Å². The Balaban J connectivity index is 1.70. The summed E-state index contributed by atoms with van der Waals surface area (Å²) in [5, 5.41) is 11.4. The lowest BCUT2D eigenvalue weighted by atomic mass is 10.2. The highest BCUT2D eigenvalue weighted by molar-refractivity contribution is 8.02. The van der Waals surface area contributed by atoms with Crippen molar-refractivity contribution in [1.29, 1.82) is 0 Å². The number of thioether (sulfide) groups is 1. The zero-order valence-corrected chi connectivity index (χ0v) is 12.4. The van der Waals surface area contributed by atoms with Crippen molar-refractivity contribution in [1.82, 2.24) is 0 Å². The summed E-state index contributed by atoms with van der Waals surface area (Å²) in [6, 6.07) is 8.31. The molecule has 2 aromatic rings. The highest BCUT2D eigenvalue weighted by atomic mass is 32.2. The first-order valence-electron chi connectivity index (χ1n) is 6.56. The van der Waals surface area contributed by atoms with Crippen molar-refractivity contribution in [2.24, 2.45) is 0 Å². The van der Waals surface area contributed by atoms with E-state index in [2.05, 4.69) is 0 Å². The predicted octanol–water partition coefficient (Wildman–Crippen LogP) is 4.90. The molecule has 0 saturated carbocycles. The van der Waals surface area contributed by atoms with Gasteiger partial charge in [0, 0.05) is 0 Å². The lowest BCUT2D eigenvalue weighted by Gasteiger charge is -2.08. The van der Waals surface area contributed by atoms with E-state index < -0.39 is 17.5 Å². The molecule has 7 heteroatoms. The second kappa shape index (κ2) is 6.08. The number of phenolic OH excluding ortho intramolecular Hbond substituents is 1. The molecule has 1 aliphatic rings. The van der Waals surface area contributed by atoms with Gasteiger partial charge in [0.2, 0.25) is 6.79 Å². The van der Waals surface area contributed by atoms with Crippen LogP contribution in [-0.4, -0.2) is 11.9 Å². The molecule has 0 amide bonds. The van der Waals surface area contributed by atoms with Gasteiger partial charge in [-0.2, -0.15) is 13.2 Å². The summed E-state index contributed by atoms with van der Waals surface area (Å²) in [6.07, 6.45) is -2.70. The van der Waals surface area contributed by atoms with Gasteiger partial charge in [0.25, 0.3) is 0 Å². The summed E-state index contributed by atoms with van der Waals surface area (Å²) in [5.74, 6) is 0.921. The monoisotopic (exact) mass is 340 g/mol. The number of ether oxygens (including phenoxy) is 2. The van der Waals surface area contributed by atoms with Crippen LogP contribution >= 0.6 is 11.8 Å². The Morgan fingerprint density at radius 1 is 1.04 bits per heavy atom. The van der Waals surface area contributed by atoms with Crippen LogP contribution in [0.25, 0.3) is 6.08 Å². The summed E-state index contributed by atoms with van der Waals surface area (Å²) in [4.78, 5) is 0.343. The van der Waals surface area contributed by atoms with Gasteiger partial charge in [0.1, 0.15) is 5.75 Å². The highest BCUT2D eigenvalue weighted by Crippen LogP contribution is 2.37. The van der Waals surface area contributed by atoms with Gasteiger partial charge in [-0.15, -0.1) is 0 Å². The minimum atomic E-state index is -4.47. The lowest BCUT2D eigenvalue weighted by Crippen LogP contribution is -2.04. The van der Waals surface area contributed by atoms with Gasteiger partial charge in [-0.1, -0.05) is 17.8 Å². The van der Waals surface area contributed by atoms with Crippen molar-refractivity contribution in [2.75, 3.05) is 6.79 Å². The molecule has 0 saturated heterocycles. The molecule has 23 heavy (non-hydrogen) atoms. The normalized spacial score (nSPS) is 13.7. The maximum absolute atomic E-state index is 12.5. The first-order chi connectivity index (χ1) is 10.9. The van der Waals surface area contributed by atoms with Gasteiger partial charge >= 0.3 is 6.18 Å². The summed E-state index contributed by atoms with van der Waals surface area (Å²) in [6.45, 7) is 0.191. The summed E-state index contributed by atoms with van der Waals surface area (Å²) >= 11 is 1.12. The average Bonchev–Trinajstić information content (AvgIpc) is 2.95. The molecule has 2 aromatic carbocycles. The number of rotatable bonds is 3. The van der Waals surface area contributed by atoms with Crippen molar-refractivity contribution in [3.05, 3.63) is 52.9 Å². The number of hydrogen-bond acceptors (Lipinski definition) is 4. The van der Waals surface area contributed by atoms with Crippen LogP contribution < -0.4 is 9.47 Å². The van der Waals surface area contributed by atoms with Gasteiger partial charge in [0.05, 0.1) is 10.5 Å². The average molecular weight is 340 g/mol. The molecule has 0 aliphatic carbocycles. The number of halogens is 3. The fourth-order valence-electron chi connectivity index (χ4n) is 2.00. The molecule has 0 aromatic heterocycles. The van der Waals surface area contributed by atoms with E-state index >= 15 is 0 Å². The molecular formula is C16H11F3O3S. The van der Waals surface area contributed by atoms with E-state index in [1.165, 1.54) is 6.07 Å². The third-order valence-corrected chi connectivity index (χ3v) is 4.01. The van der Waals surface area contributed by atoms with Gasteiger partial charge in [0.15, 0.2) is 11.5 Å². The SMILES string of the molecule is Oc1cc(C(F)(F)F)ccc1S/C=C/c1ccc2c(c1)OCO2. The van der Waals surface area contributed by atoms with E-state index in [1.54, 1.807) is 23.6 Å². The highest BCUT2D eigenvalue weighted by Gasteiger charge is 2.31. The number of phenols is 1. The first-order valence-corrected chi connectivity index (χ1v) is 7.44. The Morgan fingerprint density at radius 3 is 2.57 bits per heavy atom. The van der Waals surface area contributed by atoms with Crippen LogP contribution in [0.2, 0.25) is 0 Å². The fourth-order valence-corrected chi connectivity index (χ4v) is 2.69. The third kappa shape index (κ3) is 3.56. The number of fused-ring (bicyclic) bond motifs is 1. The van der Waals surface area contributed by atoms with E-state index in [4.69, 9.17) is 9.47 Å². The minimum Gasteiger partial charge on any atom is -0.507 e. The maximum atomic E-state index is 12.5. The van der Waals surface area contributed by atoms with Crippen LogP contribution in [0.3, 0.4) is 0 Å². The maximum Gasteiger partial charge on any atom is 0.416 e. The molecule has 3 nitrogen and oxygen atoms in total. The molecule has 1 heterocycles. The molecule has 0 radical (unpaired) electrons. The van der Waals surface area contributed by atoms with E-state index in [-0.39, 0.29) is 6.79 Å². The van der Waals surface area contributed by atoms with Crippen molar-refractivity contribution >= 4 is 17.8 Å². The van der Waals surface area contributed by atoms with Crippen LogP contribution in [0.4, 0.5) is 13.2 Å². The van der Waals surface area contributed by atoms with Crippen LogP contribution in [-0.2, 0) is 6.18 Å². The van der Waals surface area contributed by atoms with Crippen molar-refractivity contribution < 1.29 is 27.8 Å². The van der Waals surface area contributed by atoms with Crippen LogP contribution in [0, 0.1) is 0 Å². The van der Waals surface area contributed by atoms with Crippen LogP contribution in [0.5, 0.6) is 17.2 Å². The van der Waals surface area contributed by atoms with Crippen molar-refractivity contribution in [2.45, 2.75) is 11.1 Å². The molecule has 0 bridgehead atoms. The molecule has 0 atom stereocenters. The molecule has 0 spiro atoms. The van der Waals surface area contributed by atoms with E-state index in [0.29, 0.717) is 16.4 Å². The van der Waals surface area contributed by atoms with Crippen molar-refractivity contribution in [3.8, 4) is 17.2 Å². The zero-order chi connectivity index (χ0) is 16.4. The minimum absolute atomic E-state index is 0.191. The second-order valence-corrected chi connectivity index (χ2v) is 5.66. The van der Waals surface area contributed by atoms with Gasteiger partial charge < -0.3 is 14.6 Å².